The Hall–Kier alpha value is -2.24. The van der Waals surface area contributed by atoms with Gasteiger partial charge in [0.2, 0.25) is 0 Å². The van der Waals surface area contributed by atoms with Crippen molar-refractivity contribution in [2.75, 3.05) is 32.8 Å². The Morgan fingerprint density at radius 3 is 2.71 bits per heavy atom. The number of carbonyl (C=O) groups is 1. The van der Waals surface area contributed by atoms with Crippen LogP contribution in [0.4, 0.5) is 0 Å². The molecule has 0 aliphatic carbocycles. The van der Waals surface area contributed by atoms with Crippen LogP contribution in [0.5, 0.6) is 11.5 Å². The number of ether oxygens (including phenoxy) is 3. The second-order valence-electron chi connectivity index (χ2n) is 9.86. The van der Waals surface area contributed by atoms with E-state index in [0.717, 1.165) is 80.2 Å². The number of nitrogens with zero attached hydrogens (tertiary/aromatic N) is 1. The van der Waals surface area contributed by atoms with Crippen molar-refractivity contribution in [2.24, 2.45) is 0 Å². The molecule has 5 nitrogen and oxygen atoms in total. The molecule has 0 aromatic heterocycles. The van der Waals surface area contributed by atoms with Gasteiger partial charge in [-0.25, -0.2) is 0 Å². The Kier molecular flexibility index (Phi) is 8.96. The fourth-order valence-corrected chi connectivity index (χ4v) is 5.23. The Bertz CT molecular complexity index is 1000. The molecule has 190 valence electrons. The number of hydrogen-bond donors (Lipinski definition) is 0. The van der Waals surface area contributed by atoms with Crippen LogP contribution in [-0.2, 0) is 28.0 Å². The molecule has 0 atom stereocenters. The lowest BCUT2D eigenvalue weighted by molar-refractivity contribution is -0.144. The second kappa shape index (κ2) is 12.1. The average Bonchev–Trinajstić information content (AvgIpc) is 3.21. The zero-order chi connectivity index (χ0) is 24.7. The number of hydrogen-bond acceptors (Lipinski definition) is 5. The molecule has 6 heteroatoms. The molecule has 2 heterocycles. The number of unbranched alkanes of at least 4 members (excludes halogenated alkanes) is 1. The number of fused-ring (bicyclic) bond motifs is 2. The summed E-state index contributed by atoms with van der Waals surface area (Å²) in [5.74, 6) is 1.65. The van der Waals surface area contributed by atoms with Gasteiger partial charge in [-0.05, 0) is 56.5 Å². The Morgan fingerprint density at radius 2 is 1.94 bits per heavy atom. The summed E-state index contributed by atoms with van der Waals surface area (Å²) in [6.45, 7) is 8.67. The third-order valence-corrected chi connectivity index (χ3v) is 7.65. The summed E-state index contributed by atoms with van der Waals surface area (Å²) in [6, 6.07) is 12.4. The van der Waals surface area contributed by atoms with Gasteiger partial charge in [-0.1, -0.05) is 56.5 Å². The van der Waals surface area contributed by atoms with E-state index in [9.17, 15) is 4.79 Å². The molecule has 0 N–H and O–H groups in total. The molecule has 35 heavy (non-hydrogen) atoms. The lowest BCUT2D eigenvalue weighted by atomic mass is 9.74. The minimum Gasteiger partial charge on any atom is -0.492 e. The van der Waals surface area contributed by atoms with Crippen molar-refractivity contribution in [3.8, 4) is 11.5 Å². The molecular weight excluding hydrogens is 462 g/mol. The van der Waals surface area contributed by atoms with Crippen molar-refractivity contribution in [3.05, 3.63) is 58.1 Å². The van der Waals surface area contributed by atoms with Gasteiger partial charge in [0, 0.05) is 34.2 Å². The van der Waals surface area contributed by atoms with Gasteiger partial charge in [0.25, 0.3) is 0 Å². The fraction of sp³-hybridized carbons (Fsp3) is 0.552. The van der Waals surface area contributed by atoms with Gasteiger partial charge in [-0.3, -0.25) is 4.79 Å². The van der Waals surface area contributed by atoms with Crippen LogP contribution >= 0.6 is 11.6 Å². The Balaban J connectivity index is 1.30. The molecule has 1 spiro atoms. The van der Waals surface area contributed by atoms with Crippen LogP contribution in [0.1, 0.15) is 69.1 Å². The Labute approximate surface area is 214 Å². The van der Waals surface area contributed by atoms with Gasteiger partial charge < -0.3 is 19.1 Å². The number of esters is 1. The fourth-order valence-electron chi connectivity index (χ4n) is 5.06. The molecule has 0 amide bonds. The van der Waals surface area contributed by atoms with E-state index >= 15 is 0 Å². The Morgan fingerprint density at radius 1 is 1.11 bits per heavy atom. The minimum atomic E-state index is -0.0841. The molecular formula is C29H38ClNO4. The van der Waals surface area contributed by atoms with E-state index in [-0.39, 0.29) is 11.4 Å². The molecule has 0 bridgehead atoms. The number of aryl methyl sites for hydroxylation is 1. The van der Waals surface area contributed by atoms with Crippen molar-refractivity contribution in [1.29, 1.82) is 0 Å². The van der Waals surface area contributed by atoms with Gasteiger partial charge in [0.05, 0.1) is 19.6 Å². The van der Waals surface area contributed by atoms with Crippen LogP contribution in [0.2, 0.25) is 5.02 Å². The zero-order valence-electron chi connectivity index (χ0n) is 21.1. The maximum Gasteiger partial charge on any atom is 0.307 e. The zero-order valence-corrected chi connectivity index (χ0v) is 21.9. The van der Waals surface area contributed by atoms with E-state index < -0.39 is 0 Å². The normalized spacial score (nSPS) is 16.7. The van der Waals surface area contributed by atoms with Gasteiger partial charge in [-0.15, -0.1) is 0 Å². The number of halogens is 1. The van der Waals surface area contributed by atoms with Crippen molar-refractivity contribution in [2.45, 2.75) is 70.8 Å². The van der Waals surface area contributed by atoms with Crippen molar-refractivity contribution in [3.63, 3.8) is 0 Å². The highest BCUT2D eigenvalue weighted by Crippen LogP contribution is 2.46. The van der Waals surface area contributed by atoms with Crippen LogP contribution in [0, 0.1) is 0 Å². The molecule has 0 saturated carbocycles. The highest BCUT2D eigenvalue weighted by Gasteiger charge is 2.43. The molecule has 2 aliphatic rings. The van der Waals surface area contributed by atoms with E-state index in [0.29, 0.717) is 26.2 Å². The summed E-state index contributed by atoms with van der Waals surface area (Å²) in [4.78, 5) is 14.3. The van der Waals surface area contributed by atoms with Crippen LogP contribution in [-0.4, -0.2) is 43.7 Å². The van der Waals surface area contributed by atoms with E-state index in [4.69, 9.17) is 25.8 Å². The molecule has 4 rings (SSSR count). The largest absolute Gasteiger partial charge is 0.492 e. The van der Waals surface area contributed by atoms with E-state index in [1.807, 2.05) is 12.1 Å². The third kappa shape index (κ3) is 6.50. The van der Waals surface area contributed by atoms with E-state index in [1.165, 1.54) is 11.1 Å². The van der Waals surface area contributed by atoms with Gasteiger partial charge >= 0.3 is 5.97 Å². The quantitative estimate of drug-likeness (QED) is 0.267. The van der Waals surface area contributed by atoms with E-state index in [2.05, 4.69) is 43.0 Å². The summed E-state index contributed by atoms with van der Waals surface area (Å²) < 4.78 is 17.5. The molecule has 1 saturated heterocycles. The smallest absolute Gasteiger partial charge is 0.307 e. The van der Waals surface area contributed by atoms with Gasteiger partial charge in [0.15, 0.2) is 0 Å². The van der Waals surface area contributed by atoms with Crippen molar-refractivity contribution in [1.82, 2.24) is 4.90 Å². The maximum atomic E-state index is 11.9. The number of likely N-dealkylation sites (tertiary alicyclic amines) is 1. The standard InChI is InChI=1S/C29H38ClNO4/c1-3-5-17-33-28(32)11-14-31-15-12-29(13-16-31)21-35-27-19-24(8-9-25(27)29)34-20-23-18-22(6-4-2)7-10-26(23)30/h7-10,18-19H,3-6,11-17,20-21H2,1-2H3. The van der Waals surface area contributed by atoms with Crippen molar-refractivity contribution >= 4 is 17.6 Å². The van der Waals surface area contributed by atoms with Crippen LogP contribution in [0.25, 0.3) is 0 Å². The first kappa shape index (κ1) is 25.8. The first-order chi connectivity index (χ1) is 17.0. The summed E-state index contributed by atoms with van der Waals surface area (Å²) in [5.41, 5.74) is 3.64. The summed E-state index contributed by atoms with van der Waals surface area (Å²) in [7, 11) is 0. The summed E-state index contributed by atoms with van der Waals surface area (Å²) >= 11 is 6.40. The average molecular weight is 500 g/mol. The monoisotopic (exact) mass is 499 g/mol. The van der Waals surface area contributed by atoms with Gasteiger partial charge in [-0.2, -0.15) is 0 Å². The first-order valence-electron chi connectivity index (χ1n) is 13.1. The predicted octanol–water partition coefficient (Wildman–Crippen LogP) is 6.33. The second-order valence-corrected chi connectivity index (χ2v) is 10.3. The van der Waals surface area contributed by atoms with Gasteiger partial charge in [0.1, 0.15) is 18.1 Å². The topological polar surface area (TPSA) is 48.0 Å². The molecule has 0 unspecified atom stereocenters. The number of carbonyl (C=O) groups excluding carboxylic acids is 1. The minimum absolute atomic E-state index is 0.0593. The summed E-state index contributed by atoms with van der Waals surface area (Å²) in [5, 5.41) is 0.738. The van der Waals surface area contributed by atoms with Crippen LogP contribution in [0.3, 0.4) is 0 Å². The maximum absolute atomic E-state index is 11.9. The molecule has 2 aromatic rings. The highest BCUT2D eigenvalue weighted by molar-refractivity contribution is 6.31. The number of benzene rings is 2. The molecule has 0 radical (unpaired) electrons. The molecule has 2 aliphatic heterocycles. The predicted molar refractivity (Wildman–Crippen MR) is 140 cm³/mol. The molecule has 2 aromatic carbocycles. The van der Waals surface area contributed by atoms with Crippen LogP contribution in [0.15, 0.2) is 36.4 Å². The molecule has 1 fully saturated rings. The lowest BCUT2D eigenvalue weighted by Gasteiger charge is -2.38. The van der Waals surface area contributed by atoms with E-state index in [1.54, 1.807) is 0 Å². The highest BCUT2D eigenvalue weighted by atomic mass is 35.5. The lowest BCUT2D eigenvalue weighted by Crippen LogP contribution is -2.44. The van der Waals surface area contributed by atoms with Crippen LogP contribution < -0.4 is 9.47 Å². The number of piperidine rings is 1. The number of rotatable bonds is 11. The van der Waals surface area contributed by atoms with Crippen molar-refractivity contribution < 1.29 is 19.0 Å². The first-order valence-corrected chi connectivity index (χ1v) is 13.5. The summed E-state index contributed by atoms with van der Waals surface area (Å²) in [6.07, 6.45) is 6.66. The third-order valence-electron chi connectivity index (χ3n) is 7.28. The SMILES string of the molecule is CCCCOC(=O)CCN1CCC2(CC1)COc1cc(OCc3cc(CCC)ccc3Cl)ccc12.